The van der Waals surface area contributed by atoms with Gasteiger partial charge < -0.3 is 29.6 Å². The van der Waals surface area contributed by atoms with E-state index in [2.05, 4.69) is 0 Å². The zero-order chi connectivity index (χ0) is 15.3. The van der Waals surface area contributed by atoms with Crippen LogP contribution in [0.15, 0.2) is 0 Å². The van der Waals surface area contributed by atoms with Gasteiger partial charge >= 0.3 is 5.97 Å². The molecule has 0 rings (SSSR count). The fraction of sp³-hybridized carbons (Fsp3) is 0.750. The van der Waals surface area contributed by atoms with Crippen LogP contribution in [0.4, 0.5) is 0 Å². The van der Waals surface area contributed by atoms with Crippen LogP contribution in [-0.4, -0.2) is 35.2 Å². The van der Waals surface area contributed by atoms with Crippen molar-refractivity contribution in [1.29, 1.82) is 0 Å². The number of aliphatic carboxylic acids is 3. The average molecular weight is 274 g/mol. The second-order valence-corrected chi connectivity index (χ2v) is 4.23. The van der Waals surface area contributed by atoms with Crippen LogP contribution in [0.3, 0.4) is 0 Å². The average Bonchev–Trinajstić information content (AvgIpc) is 2.33. The van der Waals surface area contributed by atoms with Crippen molar-refractivity contribution in [3.8, 4) is 0 Å². The van der Waals surface area contributed by atoms with Crippen molar-refractivity contribution >= 4 is 17.9 Å². The second-order valence-electron chi connectivity index (χ2n) is 4.23. The molecule has 0 spiro atoms. The summed E-state index contributed by atoms with van der Waals surface area (Å²) in [5.41, 5.74) is -4.07. The molecule has 7 nitrogen and oxygen atoms in total. The molecule has 1 atom stereocenters. The Hall–Kier alpha value is -1.63. The topological polar surface area (TPSA) is 127 Å². The molecule has 0 radical (unpaired) electrons. The number of carbonyl (C=O) groups is 3. The summed E-state index contributed by atoms with van der Waals surface area (Å²) in [6.45, 7) is 3.45. The monoisotopic (exact) mass is 274 g/mol. The number of carboxylic acids is 3. The Bertz CT molecular complexity index is 359. The summed E-state index contributed by atoms with van der Waals surface area (Å²) in [5.74, 6) is -4.73. The Kier molecular flexibility index (Phi) is 5.95. The number of ether oxygens (including phenoxy) is 1. The predicted molar refractivity (Wildman–Crippen MR) is 59.6 cm³/mol. The maximum atomic E-state index is 11.4. The highest BCUT2D eigenvalue weighted by Gasteiger charge is 2.52. The first kappa shape index (κ1) is 17.4. The van der Waals surface area contributed by atoms with E-state index < -0.39 is 35.5 Å². The highest BCUT2D eigenvalue weighted by atomic mass is 16.5. The third-order valence-corrected chi connectivity index (χ3v) is 3.64. The number of carbonyl (C=O) groups excluding carboxylic acids is 2. The van der Waals surface area contributed by atoms with Crippen molar-refractivity contribution in [3.05, 3.63) is 0 Å². The van der Waals surface area contributed by atoms with Crippen molar-refractivity contribution in [2.45, 2.75) is 45.6 Å². The highest BCUT2D eigenvalue weighted by molar-refractivity contribution is 5.87. The molecule has 0 amide bonds. The van der Waals surface area contributed by atoms with E-state index in [9.17, 15) is 24.6 Å². The fourth-order valence-electron chi connectivity index (χ4n) is 2.44. The van der Waals surface area contributed by atoms with E-state index in [1.807, 2.05) is 0 Å². The van der Waals surface area contributed by atoms with E-state index in [0.29, 0.717) is 0 Å². The number of hydrogen-bond acceptors (Lipinski definition) is 6. The lowest BCUT2D eigenvalue weighted by atomic mass is 9.66. The first-order chi connectivity index (χ1) is 8.74. The van der Waals surface area contributed by atoms with Crippen molar-refractivity contribution in [2.24, 2.45) is 5.41 Å². The molecule has 0 aromatic heterocycles. The van der Waals surface area contributed by atoms with Crippen LogP contribution in [0.25, 0.3) is 0 Å². The van der Waals surface area contributed by atoms with Gasteiger partial charge in [-0.25, -0.2) is 4.79 Å². The Morgan fingerprint density at radius 3 is 1.68 bits per heavy atom. The summed E-state index contributed by atoms with van der Waals surface area (Å²) in [4.78, 5) is 33.4. The Balaban J connectivity index is 5.84. The van der Waals surface area contributed by atoms with Crippen molar-refractivity contribution in [2.75, 3.05) is 6.61 Å². The van der Waals surface area contributed by atoms with Gasteiger partial charge in [-0.1, -0.05) is 20.8 Å². The Morgan fingerprint density at radius 2 is 1.47 bits per heavy atom. The molecule has 0 heterocycles. The van der Waals surface area contributed by atoms with Gasteiger partial charge in [0, 0.05) is 5.41 Å². The molecule has 0 fully saturated rings. The maximum Gasteiger partial charge on any atom is 0.329 e. The maximum absolute atomic E-state index is 11.4. The Labute approximate surface area is 111 Å². The second kappa shape index (κ2) is 6.51. The zero-order valence-corrected chi connectivity index (χ0v) is 11.2. The number of rotatable bonds is 9. The third-order valence-electron chi connectivity index (χ3n) is 3.64. The van der Waals surface area contributed by atoms with Crippen molar-refractivity contribution in [3.63, 3.8) is 0 Å². The van der Waals surface area contributed by atoms with Gasteiger partial charge in [-0.15, -0.1) is 0 Å². The first-order valence-corrected chi connectivity index (χ1v) is 6.02. The molecule has 0 saturated heterocycles. The number of carboxylic acid groups (broad SMARTS) is 3. The standard InChI is InChI=1S/C12H20O7/c1-4-11(5-2,9(15)16)12(6-3,10(17)18)19-7-8(13)14/h4-7H2,1-3H3,(H,13,14)(H,15,16)(H,17,18)/p-2. The van der Waals surface area contributed by atoms with Gasteiger partial charge in [-0.3, -0.25) is 0 Å². The third kappa shape index (κ3) is 2.86. The van der Waals surface area contributed by atoms with E-state index in [1.54, 1.807) is 0 Å². The molecule has 0 aliphatic heterocycles. The molecule has 0 aromatic carbocycles. The smallest absolute Gasteiger partial charge is 0.329 e. The summed E-state index contributed by atoms with van der Waals surface area (Å²) in [5, 5.41) is 31.4. The fourth-order valence-corrected chi connectivity index (χ4v) is 2.44. The molecular formula is C12H18O7-2. The quantitative estimate of drug-likeness (QED) is 0.544. The molecule has 1 unspecified atom stereocenters. The highest BCUT2D eigenvalue weighted by Crippen LogP contribution is 2.43. The van der Waals surface area contributed by atoms with Crippen LogP contribution in [0.1, 0.15) is 40.0 Å². The summed E-state index contributed by atoms with van der Waals surface area (Å²) in [6.07, 6.45) is -0.390. The minimum absolute atomic E-state index is 0.0761. The first-order valence-electron chi connectivity index (χ1n) is 6.02. The minimum Gasteiger partial charge on any atom is -0.549 e. The summed E-state index contributed by atoms with van der Waals surface area (Å²) in [7, 11) is 0. The van der Waals surface area contributed by atoms with E-state index in [-0.39, 0.29) is 19.3 Å². The molecule has 0 aliphatic carbocycles. The van der Waals surface area contributed by atoms with Crippen molar-refractivity contribution in [1.82, 2.24) is 0 Å². The van der Waals surface area contributed by atoms with Gasteiger partial charge in [-0.2, -0.15) is 0 Å². The molecular weight excluding hydrogens is 256 g/mol. The molecule has 0 aromatic rings. The van der Waals surface area contributed by atoms with Crippen LogP contribution in [0.5, 0.6) is 0 Å². The molecule has 0 saturated carbocycles. The molecule has 110 valence electrons. The predicted octanol–water partition coefficient (Wildman–Crippen LogP) is -1.46. The van der Waals surface area contributed by atoms with Crippen LogP contribution in [0, 0.1) is 5.41 Å². The van der Waals surface area contributed by atoms with Gasteiger partial charge in [0.15, 0.2) is 0 Å². The minimum atomic E-state index is -2.23. The van der Waals surface area contributed by atoms with Gasteiger partial charge in [0.05, 0.1) is 11.9 Å². The van der Waals surface area contributed by atoms with Gasteiger partial charge in [0.25, 0.3) is 0 Å². The van der Waals surface area contributed by atoms with Gasteiger partial charge in [0.1, 0.15) is 12.2 Å². The molecule has 0 bridgehead atoms. The van der Waals surface area contributed by atoms with E-state index in [1.165, 1.54) is 20.8 Å². The van der Waals surface area contributed by atoms with E-state index in [0.717, 1.165) is 0 Å². The van der Waals surface area contributed by atoms with Crippen molar-refractivity contribution < 1.29 is 34.4 Å². The molecule has 0 aliphatic rings. The molecule has 19 heavy (non-hydrogen) atoms. The zero-order valence-electron chi connectivity index (χ0n) is 11.2. The summed E-state index contributed by atoms with van der Waals surface area (Å²) in [6, 6.07) is 0. The SMILES string of the molecule is CCC(CC)(C(=O)[O-])C(CC)(OCC(=O)O)C(=O)[O-]. The number of hydrogen-bond donors (Lipinski definition) is 1. The van der Waals surface area contributed by atoms with Crippen LogP contribution in [0.2, 0.25) is 0 Å². The lowest BCUT2D eigenvalue weighted by Gasteiger charge is -2.50. The Morgan fingerprint density at radius 1 is 1.00 bits per heavy atom. The lowest BCUT2D eigenvalue weighted by Crippen LogP contribution is -2.66. The van der Waals surface area contributed by atoms with Crippen LogP contribution < -0.4 is 10.2 Å². The molecule has 1 N–H and O–H groups in total. The normalized spacial score (nSPS) is 14.7. The van der Waals surface area contributed by atoms with Gasteiger partial charge in [0.2, 0.25) is 0 Å². The van der Waals surface area contributed by atoms with E-state index >= 15 is 0 Å². The van der Waals surface area contributed by atoms with Crippen LogP contribution in [-0.2, 0) is 19.1 Å². The largest absolute Gasteiger partial charge is 0.549 e. The summed E-state index contributed by atoms with van der Waals surface area (Å²) >= 11 is 0. The van der Waals surface area contributed by atoms with Crippen LogP contribution >= 0.6 is 0 Å². The summed E-state index contributed by atoms with van der Waals surface area (Å²) < 4.78 is 4.93. The molecule has 7 heteroatoms. The van der Waals surface area contributed by atoms with E-state index in [4.69, 9.17) is 9.84 Å². The van der Waals surface area contributed by atoms with Gasteiger partial charge in [-0.05, 0) is 19.3 Å². The lowest BCUT2D eigenvalue weighted by molar-refractivity contribution is -0.356.